The second-order valence-corrected chi connectivity index (χ2v) is 5.39. The molecule has 0 fully saturated rings. The Morgan fingerprint density at radius 3 is 1.84 bits per heavy atom. The molecule has 1 aromatic rings. The van der Waals surface area contributed by atoms with Gasteiger partial charge in [-0.05, 0) is 6.42 Å². The van der Waals surface area contributed by atoms with Gasteiger partial charge in [-0.2, -0.15) is 16.8 Å². The number of aromatic nitrogens is 2. The molecule has 0 unspecified atom stereocenters. The molecule has 112 valence electrons. The molecule has 1 heterocycles. The number of imidazole rings is 1. The second-order valence-electron chi connectivity index (χ2n) is 2.93. The van der Waals surface area contributed by atoms with Crippen LogP contribution in [0.5, 0.6) is 0 Å². The average Bonchev–Trinajstić information content (AvgIpc) is 2.65. The van der Waals surface area contributed by atoms with Gasteiger partial charge in [0.2, 0.25) is 0 Å². The highest BCUT2D eigenvalue weighted by molar-refractivity contribution is 7.85. The molecule has 0 aliphatic rings. The lowest BCUT2D eigenvalue weighted by Crippen LogP contribution is -2.01. The van der Waals surface area contributed by atoms with Crippen molar-refractivity contribution < 1.29 is 30.5 Å². The number of hydrogen-bond donors (Lipinski definition) is 3. The van der Waals surface area contributed by atoms with Gasteiger partial charge in [-0.3, -0.25) is 13.7 Å². The van der Waals surface area contributed by atoms with Crippen LogP contribution in [0.2, 0.25) is 0 Å². The molecule has 9 nitrogen and oxygen atoms in total. The molecule has 0 amide bonds. The first-order chi connectivity index (χ1) is 8.49. The Labute approximate surface area is 111 Å². The van der Waals surface area contributed by atoms with Gasteiger partial charge in [0.15, 0.2) is 0 Å². The third-order valence-electron chi connectivity index (χ3n) is 1.20. The molecule has 0 radical (unpaired) electrons. The lowest BCUT2D eigenvalue weighted by Gasteiger charge is -1.85. The fraction of sp³-hybridized carbons (Fsp3) is 0.375. The van der Waals surface area contributed by atoms with Gasteiger partial charge >= 0.3 is 10.4 Å². The van der Waals surface area contributed by atoms with Crippen LogP contribution in [0, 0.1) is 0 Å². The van der Waals surface area contributed by atoms with Crippen LogP contribution in [-0.4, -0.2) is 45.8 Å². The third-order valence-corrected chi connectivity index (χ3v) is 2.12. The van der Waals surface area contributed by atoms with E-state index in [0.29, 0.717) is 6.42 Å². The van der Waals surface area contributed by atoms with Crippen LogP contribution in [0.4, 0.5) is 0 Å². The maximum atomic E-state index is 9.79. The van der Waals surface area contributed by atoms with E-state index in [1.165, 1.54) is 0 Å². The van der Waals surface area contributed by atoms with E-state index in [0.717, 1.165) is 0 Å². The summed E-state index contributed by atoms with van der Waals surface area (Å²) in [5, 5.41) is 0. The van der Waals surface area contributed by atoms with E-state index in [1.54, 1.807) is 30.2 Å². The van der Waals surface area contributed by atoms with E-state index in [9.17, 15) is 8.42 Å². The summed E-state index contributed by atoms with van der Waals surface area (Å²) >= 11 is 0. The Hall–Kier alpha value is -1.27. The molecular weight excluding hydrogens is 300 g/mol. The topological polar surface area (TPSA) is 147 Å². The van der Waals surface area contributed by atoms with Crippen LogP contribution in [0.15, 0.2) is 25.3 Å². The maximum absolute atomic E-state index is 9.79. The average molecular weight is 316 g/mol. The Morgan fingerprint density at radius 1 is 1.26 bits per heavy atom. The van der Waals surface area contributed by atoms with Crippen molar-refractivity contribution in [2.45, 2.75) is 13.3 Å². The molecule has 0 saturated heterocycles. The smallest absolute Gasteiger partial charge is 0.314 e. The van der Waals surface area contributed by atoms with Crippen molar-refractivity contribution in [3.63, 3.8) is 0 Å². The first kappa shape index (κ1) is 20.1. The summed E-state index contributed by atoms with van der Waals surface area (Å²) in [5.41, 5.74) is 0. The van der Waals surface area contributed by atoms with Crippen LogP contribution in [0.3, 0.4) is 0 Å². The van der Waals surface area contributed by atoms with Crippen LogP contribution >= 0.6 is 0 Å². The van der Waals surface area contributed by atoms with Gasteiger partial charge in [0.25, 0.3) is 10.1 Å². The Kier molecular flexibility index (Phi) is 10.2. The van der Waals surface area contributed by atoms with Crippen LogP contribution < -0.4 is 0 Å². The molecule has 0 bridgehead atoms. The molecule has 0 aliphatic heterocycles. The van der Waals surface area contributed by atoms with Crippen LogP contribution in [0.1, 0.15) is 13.3 Å². The molecule has 3 N–H and O–H groups in total. The summed E-state index contributed by atoms with van der Waals surface area (Å²) in [5.74, 6) is -0.132. The third kappa shape index (κ3) is 26.4. The second kappa shape index (κ2) is 9.63. The fourth-order valence-corrected chi connectivity index (χ4v) is 1.15. The van der Waals surface area contributed by atoms with Gasteiger partial charge in [-0.1, -0.05) is 13.5 Å². The molecule has 11 heteroatoms. The van der Waals surface area contributed by atoms with Crippen molar-refractivity contribution in [1.29, 1.82) is 0 Å². The minimum atomic E-state index is -4.67. The zero-order valence-electron chi connectivity index (χ0n) is 10.1. The molecule has 1 rings (SSSR count). The van der Waals surface area contributed by atoms with Crippen molar-refractivity contribution in [3.8, 4) is 0 Å². The number of nitrogens with zero attached hydrogens (tertiary/aromatic N) is 2. The van der Waals surface area contributed by atoms with E-state index >= 15 is 0 Å². The summed E-state index contributed by atoms with van der Waals surface area (Å²) in [6.45, 7) is 5.21. The zero-order valence-corrected chi connectivity index (χ0v) is 11.7. The summed E-state index contributed by atoms with van der Waals surface area (Å²) in [6.07, 6.45) is 7.38. The Bertz CT molecular complexity index is 526. The highest BCUT2D eigenvalue weighted by atomic mass is 32.3. The van der Waals surface area contributed by atoms with Crippen molar-refractivity contribution >= 4 is 26.7 Å². The minimum absolute atomic E-state index is 0.132. The van der Waals surface area contributed by atoms with Gasteiger partial charge in [0.05, 0.1) is 12.1 Å². The Morgan fingerprint density at radius 2 is 1.74 bits per heavy atom. The van der Waals surface area contributed by atoms with Crippen molar-refractivity contribution in [1.82, 2.24) is 9.55 Å². The summed E-state index contributed by atoms with van der Waals surface area (Å²) < 4.78 is 60.9. The van der Waals surface area contributed by atoms with E-state index in [1.807, 2.05) is 6.20 Å². The fourth-order valence-electron chi connectivity index (χ4n) is 0.635. The van der Waals surface area contributed by atoms with E-state index < -0.39 is 20.5 Å². The maximum Gasteiger partial charge on any atom is 0.394 e. The normalized spacial score (nSPS) is 10.5. The molecule has 19 heavy (non-hydrogen) atoms. The quantitative estimate of drug-likeness (QED) is 0.687. The summed E-state index contributed by atoms with van der Waals surface area (Å²) in [4.78, 5) is 3.78. The molecule has 1 aromatic heterocycles. The standard InChI is InChI=1S/C5H6N2.C3H8O3S.H2O4S/c1-2-7-4-3-6-5-7;1-2-3-7(4,5)6;1-5(2,3)4/h2-5H,1H2;2-3H2,1H3,(H,4,5,6);(H2,1,2,3,4). The largest absolute Gasteiger partial charge is 0.394 e. The molecule has 0 atom stereocenters. The lowest BCUT2D eigenvalue weighted by molar-refractivity contribution is 0.381. The van der Waals surface area contributed by atoms with Gasteiger partial charge in [0.1, 0.15) is 0 Å². The van der Waals surface area contributed by atoms with Gasteiger partial charge in [-0.15, -0.1) is 0 Å². The molecule has 0 aromatic carbocycles. The SMILES string of the molecule is C=Cn1ccnc1.CCCS(=O)(=O)O.O=S(=O)(O)O. The van der Waals surface area contributed by atoms with E-state index in [2.05, 4.69) is 11.6 Å². The minimum Gasteiger partial charge on any atom is -0.314 e. The van der Waals surface area contributed by atoms with Gasteiger partial charge in [0, 0.05) is 18.6 Å². The van der Waals surface area contributed by atoms with E-state index in [-0.39, 0.29) is 5.75 Å². The number of hydrogen-bond acceptors (Lipinski definition) is 5. The predicted octanol–water partition coefficient (Wildman–Crippen LogP) is 0.615. The monoisotopic (exact) mass is 316 g/mol. The molecule has 0 spiro atoms. The molecule has 0 aliphatic carbocycles. The van der Waals surface area contributed by atoms with Crippen molar-refractivity contribution in [2.75, 3.05) is 5.75 Å². The Balaban J connectivity index is 0. The predicted molar refractivity (Wildman–Crippen MR) is 69.5 cm³/mol. The molecule has 0 saturated carbocycles. The number of rotatable bonds is 3. The summed E-state index contributed by atoms with van der Waals surface area (Å²) in [6, 6.07) is 0. The van der Waals surface area contributed by atoms with Crippen LogP contribution in [0.25, 0.3) is 6.20 Å². The van der Waals surface area contributed by atoms with Gasteiger partial charge < -0.3 is 4.57 Å². The highest BCUT2D eigenvalue weighted by Gasteiger charge is 1.98. The first-order valence-corrected chi connectivity index (χ1v) is 7.75. The lowest BCUT2D eigenvalue weighted by atomic mass is 10.6. The van der Waals surface area contributed by atoms with Gasteiger partial charge in [-0.25, -0.2) is 4.98 Å². The molecular formula is C8H16N2O7S2. The van der Waals surface area contributed by atoms with E-state index in [4.69, 9.17) is 22.1 Å². The first-order valence-electron chi connectivity index (χ1n) is 4.74. The van der Waals surface area contributed by atoms with Crippen molar-refractivity contribution in [2.24, 2.45) is 0 Å². The zero-order chi connectivity index (χ0) is 15.5. The highest BCUT2D eigenvalue weighted by Crippen LogP contribution is 1.83. The summed E-state index contributed by atoms with van der Waals surface area (Å²) in [7, 11) is -8.34. The van der Waals surface area contributed by atoms with Crippen molar-refractivity contribution in [3.05, 3.63) is 25.3 Å². The van der Waals surface area contributed by atoms with Crippen LogP contribution in [-0.2, 0) is 20.5 Å².